The minimum Gasteiger partial charge on any atom is -0.496 e. The van der Waals surface area contributed by atoms with E-state index < -0.39 is 0 Å². The summed E-state index contributed by atoms with van der Waals surface area (Å²) < 4.78 is 10.8. The van der Waals surface area contributed by atoms with Gasteiger partial charge in [-0.05, 0) is 37.9 Å². The van der Waals surface area contributed by atoms with Crippen molar-refractivity contribution in [2.45, 2.75) is 30.0 Å². The molecule has 5 nitrogen and oxygen atoms in total. The molecule has 19 heavy (non-hydrogen) atoms. The van der Waals surface area contributed by atoms with Crippen molar-refractivity contribution >= 4 is 11.8 Å². The standard InChI is InChI=1S/C13H17N3O2S/c1-8(14-3)12-10(17-4)6-5-7-11(12)19-13-16-15-9(2)18-13/h5-8,14H,1-4H3. The summed E-state index contributed by atoms with van der Waals surface area (Å²) in [5.74, 6) is 1.41. The van der Waals surface area contributed by atoms with Gasteiger partial charge in [0.25, 0.3) is 5.22 Å². The first-order valence-corrected chi connectivity index (χ1v) is 6.79. The lowest BCUT2D eigenvalue weighted by molar-refractivity contribution is 0.401. The number of nitrogens with one attached hydrogen (secondary N) is 1. The highest BCUT2D eigenvalue weighted by Gasteiger charge is 2.17. The van der Waals surface area contributed by atoms with Gasteiger partial charge in [-0.3, -0.25) is 0 Å². The second kappa shape index (κ2) is 6.08. The van der Waals surface area contributed by atoms with Crippen molar-refractivity contribution < 1.29 is 9.15 Å². The van der Waals surface area contributed by atoms with Gasteiger partial charge in [-0.15, -0.1) is 10.2 Å². The number of aromatic nitrogens is 2. The Morgan fingerprint density at radius 2 is 2.16 bits per heavy atom. The molecule has 0 bridgehead atoms. The van der Waals surface area contributed by atoms with Crippen molar-refractivity contribution in [1.29, 1.82) is 0 Å². The molecule has 0 radical (unpaired) electrons. The predicted octanol–water partition coefficient (Wildman–Crippen LogP) is 2.82. The second-order valence-electron chi connectivity index (χ2n) is 4.07. The minimum absolute atomic E-state index is 0.169. The van der Waals surface area contributed by atoms with Crippen LogP contribution < -0.4 is 10.1 Å². The summed E-state index contributed by atoms with van der Waals surface area (Å²) in [4.78, 5) is 1.05. The molecule has 1 N–H and O–H groups in total. The molecule has 0 aliphatic heterocycles. The molecule has 2 rings (SSSR count). The van der Waals surface area contributed by atoms with Gasteiger partial charge in [-0.2, -0.15) is 0 Å². The smallest absolute Gasteiger partial charge is 0.281 e. The van der Waals surface area contributed by atoms with E-state index in [4.69, 9.17) is 9.15 Å². The fourth-order valence-electron chi connectivity index (χ4n) is 1.78. The van der Waals surface area contributed by atoms with E-state index in [1.165, 1.54) is 11.8 Å². The average molecular weight is 279 g/mol. The summed E-state index contributed by atoms with van der Waals surface area (Å²) in [5.41, 5.74) is 1.09. The Kier molecular flexibility index (Phi) is 4.44. The van der Waals surface area contributed by atoms with Gasteiger partial charge in [0, 0.05) is 23.4 Å². The summed E-state index contributed by atoms with van der Waals surface area (Å²) in [6, 6.07) is 6.10. The molecule has 102 valence electrons. The van der Waals surface area contributed by atoms with Crippen molar-refractivity contribution in [1.82, 2.24) is 15.5 Å². The first-order chi connectivity index (χ1) is 9.15. The third kappa shape index (κ3) is 3.08. The zero-order chi connectivity index (χ0) is 13.8. The summed E-state index contributed by atoms with van der Waals surface area (Å²) in [6.45, 7) is 3.86. The first kappa shape index (κ1) is 13.9. The van der Waals surface area contributed by atoms with Crippen LogP contribution in [0.15, 0.2) is 32.7 Å². The van der Waals surface area contributed by atoms with E-state index in [0.29, 0.717) is 11.1 Å². The number of hydrogen-bond acceptors (Lipinski definition) is 6. The average Bonchev–Trinajstić information content (AvgIpc) is 2.83. The normalized spacial score (nSPS) is 12.4. The number of hydrogen-bond donors (Lipinski definition) is 1. The van der Waals surface area contributed by atoms with Gasteiger partial charge < -0.3 is 14.5 Å². The lowest BCUT2D eigenvalue weighted by Gasteiger charge is -2.18. The molecular formula is C13H17N3O2S. The molecule has 0 amide bonds. The molecule has 0 saturated carbocycles. The van der Waals surface area contributed by atoms with Gasteiger partial charge >= 0.3 is 0 Å². The van der Waals surface area contributed by atoms with Crippen LogP contribution in [0, 0.1) is 6.92 Å². The first-order valence-electron chi connectivity index (χ1n) is 5.97. The fourth-order valence-corrected chi connectivity index (χ4v) is 2.74. The monoisotopic (exact) mass is 279 g/mol. The maximum Gasteiger partial charge on any atom is 0.281 e. The van der Waals surface area contributed by atoms with Crippen LogP contribution in [0.5, 0.6) is 5.75 Å². The van der Waals surface area contributed by atoms with Crippen molar-refractivity contribution in [3.8, 4) is 5.75 Å². The Bertz CT molecular complexity index is 557. The Morgan fingerprint density at radius 1 is 1.37 bits per heavy atom. The van der Waals surface area contributed by atoms with Gasteiger partial charge in [-0.1, -0.05) is 6.07 Å². The summed E-state index contributed by atoms with van der Waals surface area (Å²) in [6.07, 6.45) is 0. The summed E-state index contributed by atoms with van der Waals surface area (Å²) in [5, 5.41) is 11.6. The van der Waals surface area contributed by atoms with Crippen LogP contribution in [-0.4, -0.2) is 24.4 Å². The van der Waals surface area contributed by atoms with Crippen LogP contribution >= 0.6 is 11.8 Å². The quantitative estimate of drug-likeness (QED) is 0.908. The van der Waals surface area contributed by atoms with E-state index in [9.17, 15) is 0 Å². The zero-order valence-corrected chi connectivity index (χ0v) is 12.2. The molecule has 0 saturated heterocycles. The number of ether oxygens (including phenoxy) is 1. The van der Waals surface area contributed by atoms with Gasteiger partial charge in [-0.25, -0.2) is 0 Å². The molecule has 1 heterocycles. The van der Waals surface area contributed by atoms with Gasteiger partial charge in [0.2, 0.25) is 5.89 Å². The number of rotatable bonds is 5. The molecule has 1 aromatic heterocycles. The molecule has 1 atom stereocenters. The van der Waals surface area contributed by atoms with Gasteiger partial charge in [0.15, 0.2) is 0 Å². The van der Waals surface area contributed by atoms with Crippen LogP contribution in [0.1, 0.15) is 24.4 Å². The molecule has 0 spiro atoms. The minimum atomic E-state index is 0.169. The molecule has 0 aliphatic rings. The molecule has 0 fully saturated rings. The van der Waals surface area contributed by atoms with E-state index in [2.05, 4.69) is 22.4 Å². The van der Waals surface area contributed by atoms with Gasteiger partial charge in [0.05, 0.1) is 7.11 Å². The highest BCUT2D eigenvalue weighted by Crippen LogP contribution is 2.37. The van der Waals surface area contributed by atoms with Crippen molar-refractivity contribution in [2.24, 2.45) is 0 Å². The molecule has 2 aromatic rings. The van der Waals surface area contributed by atoms with Crippen molar-refractivity contribution in [3.63, 3.8) is 0 Å². The largest absolute Gasteiger partial charge is 0.496 e. The van der Waals surface area contributed by atoms with Crippen LogP contribution in [0.25, 0.3) is 0 Å². The Labute approximate surface area is 116 Å². The van der Waals surface area contributed by atoms with E-state index >= 15 is 0 Å². The van der Waals surface area contributed by atoms with E-state index in [-0.39, 0.29) is 6.04 Å². The Morgan fingerprint density at radius 3 is 2.74 bits per heavy atom. The lowest BCUT2D eigenvalue weighted by atomic mass is 10.1. The highest BCUT2D eigenvalue weighted by atomic mass is 32.2. The maximum absolute atomic E-state index is 5.43. The molecule has 0 aliphatic carbocycles. The van der Waals surface area contributed by atoms with Gasteiger partial charge in [0.1, 0.15) is 5.75 Å². The topological polar surface area (TPSA) is 60.2 Å². The Balaban J connectivity index is 2.38. The van der Waals surface area contributed by atoms with Crippen LogP contribution in [0.4, 0.5) is 0 Å². The Hall–Kier alpha value is -1.53. The maximum atomic E-state index is 5.43. The zero-order valence-electron chi connectivity index (χ0n) is 11.4. The summed E-state index contributed by atoms with van der Waals surface area (Å²) >= 11 is 1.45. The van der Waals surface area contributed by atoms with E-state index in [1.807, 2.05) is 25.2 Å². The van der Waals surface area contributed by atoms with E-state index in [0.717, 1.165) is 16.2 Å². The number of benzene rings is 1. The number of aryl methyl sites for hydroxylation is 1. The second-order valence-corrected chi connectivity index (χ2v) is 5.06. The number of nitrogens with zero attached hydrogens (tertiary/aromatic N) is 2. The number of methoxy groups -OCH3 is 1. The highest BCUT2D eigenvalue weighted by molar-refractivity contribution is 7.99. The SMILES string of the molecule is CNC(C)c1c(OC)cccc1Sc1nnc(C)o1. The molecule has 1 aromatic carbocycles. The third-order valence-electron chi connectivity index (χ3n) is 2.82. The molecule has 6 heteroatoms. The van der Waals surface area contributed by atoms with Crippen LogP contribution in [-0.2, 0) is 0 Å². The lowest BCUT2D eigenvalue weighted by Crippen LogP contribution is -2.14. The van der Waals surface area contributed by atoms with Crippen molar-refractivity contribution in [3.05, 3.63) is 29.7 Å². The predicted molar refractivity (Wildman–Crippen MR) is 73.6 cm³/mol. The third-order valence-corrected chi connectivity index (χ3v) is 3.73. The van der Waals surface area contributed by atoms with E-state index in [1.54, 1.807) is 14.0 Å². The van der Waals surface area contributed by atoms with Crippen molar-refractivity contribution in [2.75, 3.05) is 14.2 Å². The van der Waals surface area contributed by atoms with Crippen LogP contribution in [0.3, 0.4) is 0 Å². The fraction of sp³-hybridized carbons (Fsp3) is 0.385. The van der Waals surface area contributed by atoms with Crippen LogP contribution in [0.2, 0.25) is 0 Å². The molecular weight excluding hydrogens is 262 g/mol. The molecule has 1 unspecified atom stereocenters. The summed E-state index contributed by atoms with van der Waals surface area (Å²) in [7, 11) is 3.59.